The first-order valence-corrected chi connectivity index (χ1v) is 7.08. The Hall–Kier alpha value is -1.11. The summed E-state index contributed by atoms with van der Waals surface area (Å²) in [4.78, 5) is 2.36. The fourth-order valence-corrected chi connectivity index (χ4v) is 2.56. The maximum absolute atomic E-state index is 12.3. The predicted octanol–water partition coefficient (Wildman–Crippen LogP) is 2.90. The summed E-state index contributed by atoms with van der Waals surface area (Å²) >= 11 is 0. The van der Waals surface area contributed by atoms with Crippen LogP contribution in [0.4, 0.5) is 8.78 Å². The van der Waals surface area contributed by atoms with Crippen LogP contribution < -0.4 is 14.8 Å². The summed E-state index contributed by atoms with van der Waals surface area (Å²) in [5.41, 5.74) is 1.02. The number of rotatable bonds is 5. The van der Waals surface area contributed by atoms with Crippen molar-refractivity contribution in [2.24, 2.45) is 0 Å². The smallest absolute Gasteiger partial charge is 0.387 e. The third-order valence-electron chi connectivity index (χ3n) is 3.72. The molecule has 0 spiro atoms. The predicted molar refractivity (Wildman–Crippen MR) is 84.2 cm³/mol. The maximum atomic E-state index is 12.3. The number of halogens is 3. The minimum Gasteiger partial charge on any atom is -0.493 e. The second-order valence-corrected chi connectivity index (χ2v) is 5.45. The van der Waals surface area contributed by atoms with E-state index in [1.807, 2.05) is 0 Å². The standard InChI is InChI=1S/C15H22F2N2O2.ClH/c1-10-8-19(11(2)7-18-10)9-12-4-5-13(21-15(16)17)14(6-12)20-3;/h4-6,10-11,15,18H,7-9H2,1-3H3;1H. The molecule has 1 aliphatic rings. The molecule has 1 saturated heterocycles. The van der Waals surface area contributed by atoms with Gasteiger partial charge < -0.3 is 14.8 Å². The molecule has 1 aromatic carbocycles. The highest BCUT2D eigenvalue weighted by atomic mass is 35.5. The van der Waals surface area contributed by atoms with Crippen LogP contribution in [0.1, 0.15) is 19.4 Å². The van der Waals surface area contributed by atoms with Gasteiger partial charge in [0.2, 0.25) is 0 Å². The highest BCUT2D eigenvalue weighted by Crippen LogP contribution is 2.30. The van der Waals surface area contributed by atoms with Gasteiger partial charge in [-0.2, -0.15) is 8.78 Å². The van der Waals surface area contributed by atoms with E-state index in [0.29, 0.717) is 17.8 Å². The molecule has 0 amide bonds. The zero-order chi connectivity index (χ0) is 15.4. The van der Waals surface area contributed by atoms with E-state index in [9.17, 15) is 8.78 Å². The first-order chi connectivity index (χ1) is 9.99. The zero-order valence-electron chi connectivity index (χ0n) is 13.0. The Morgan fingerprint density at radius 3 is 2.68 bits per heavy atom. The lowest BCUT2D eigenvalue weighted by atomic mass is 10.1. The molecule has 2 rings (SSSR count). The van der Waals surface area contributed by atoms with Crippen LogP contribution in [0.15, 0.2) is 18.2 Å². The van der Waals surface area contributed by atoms with Crippen LogP contribution in [0.3, 0.4) is 0 Å². The lowest BCUT2D eigenvalue weighted by Gasteiger charge is -2.37. The minimum absolute atomic E-state index is 0. The van der Waals surface area contributed by atoms with Crippen molar-refractivity contribution < 1.29 is 18.3 Å². The summed E-state index contributed by atoms with van der Waals surface area (Å²) in [5.74, 6) is 0.404. The van der Waals surface area contributed by atoms with Crippen LogP contribution in [0, 0.1) is 0 Å². The third kappa shape index (κ3) is 4.97. The fraction of sp³-hybridized carbons (Fsp3) is 0.600. The summed E-state index contributed by atoms with van der Waals surface area (Å²) in [6, 6.07) is 5.99. The number of methoxy groups -OCH3 is 1. The van der Waals surface area contributed by atoms with Gasteiger partial charge >= 0.3 is 6.61 Å². The van der Waals surface area contributed by atoms with E-state index in [1.54, 1.807) is 12.1 Å². The average molecular weight is 337 g/mol. The quantitative estimate of drug-likeness (QED) is 0.896. The van der Waals surface area contributed by atoms with Crippen LogP contribution >= 0.6 is 12.4 Å². The van der Waals surface area contributed by atoms with Crippen molar-refractivity contribution in [1.29, 1.82) is 0 Å². The molecule has 1 aromatic rings. The Morgan fingerprint density at radius 2 is 2.05 bits per heavy atom. The number of benzene rings is 1. The van der Waals surface area contributed by atoms with E-state index < -0.39 is 6.61 Å². The second-order valence-electron chi connectivity index (χ2n) is 5.45. The summed E-state index contributed by atoms with van der Waals surface area (Å²) in [7, 11) is 1.45. The van der Waals surface area contributed by atoms with Crippen molar-refractivity contribution in [3.05, 3.63) is 23.8 Å². The van der Waals surface area contributed by atoms with Gasteiger partial charge in [0.15, 0.2) is 11.5 Å². The maximum Gasteiger partial charge on any atom is 0.387 e. The molecule has 126 valence electrons. The lowest BCUT2D eigenvalue weighted by Crippen LogP contribution is -2.53. The summed E-state index contributed by atoms with van der Waals surface area (Å²) < 4.78 is 34.2. The van der Waals surface area contributed by atoms with Gasteiger partial charge in [-0.15, -0.1) is 12.4 Å². The van der Waals surface area contributed by atoms with E-state index in [2.05, 4.69) is 28.8 Å². The van der Waals surface area contributed by atoms with Crippen molar-refractivity contribution >= 4 is 12.4 Å². The first-order valence-electron chi connectivity index (χ1n) is 7.08. The molecule has 22 heavy (non-hydrogen) atoms. The molecule has 1 N–H and O–H groups in total. The monoisotopic (exact) mass is 336 g/mol. The molecule has 1 fully saturated rings. The molecular formula is C15H23ClF2N2O2. The van der Waals surface area contributed by atoms with Crippen molar-refractivity contribution in [3.63, 3.8) is 0 Å². The van der Waals surface area contributed by atoms with E-state index in [4.69, 9.17) is 4.74 Å². The molecule has 1 aliphatic heterocycles. The van der Waals surface area contributed by atoms with Crippen LogP contribution in [-0.2, 0) is 6.54 Å². The van der Waals surface area contributed by atoms with Crippen LogP contribution in [-0.4, -0.2) is 43.8 Å². The van der Waals surface area contributed by atoms with Crippen molar-refractivity contribution in [3.8, 4) is 11.5 Å². The van der Waals surface area contributed by atoms with Gasteiger partial charge in [0.05, 0.1) is 7.11 Å². The Balaban J connectivity index is 0.00000242. The zero-order valence-corrected chi connectivity index (χ0v) is 13.8. The Morgan fingerprint density at radius 1 is 1.32 bits per heavy atom. The van der Waals surface area contributed by atoms with Gasteiger partial charge in [-0.1, -0.05) is 6.07 Å². The van der Waals surface area contributed by atoms with Gasteiger partial charge in [0.25, 0.3) is 0 Å². The van der Waals surface area contributed by atoms with Gasteiger partial charge in [-0.25, -0.2) is 0 Å². The van der Waals surface area contributed by atoms with E-state index in [1.165, 1.54) is 13.2 Å². The minimum atomic E-state index is -2.85. The largest absolute Gasteiger partial charge is 0.493 e. The van der Waals surface area contributed by atoms with E-state index >= 15 is 0 Å². The molecule has 0 aromatic heterocycles. The van der Waals surface area contributed by atoms with Crippen molar-refractivity contribution in [2.45, 2.75) is 39.1 Å². The van der Waals surface area contributed by atoms with Gasteiger partial charge in [-0.3, -0.25) is 4.90 Å². The summed E-state index contributed by atoms with van der Waals surface area (Å²) in [6.07, 6.45) is 0. The fourth-order valence-electron chi connectivity index (χ4n) is 2.56. The Labute approximate surface area is 136 Å². The van der Waals surface area contributed by atoms with Crippen LogP contribution in [0.25, 0.3) is 0 Å². The van der Waals surface area contributed by atoms with Crippen molar-refractivity contribution in [2.75, 3.05) is 20.2 Å². The molecule has 2 unspecified atom stereocenters. The van der Waals surface area contributed by atoms with E-state index in [0.717, 1.165) is 25.2 Å². The molecule has 0 aliphatic carbocycles. The summed E-state index contributed by atoms with van der Waals surface area (Å²) in [5, 5.41) is 3.43. The molecular weight excluding hydrogens is 314 g/mol. The molecule has 0 saturated carbocycles. The molecule has 2 atom stereocenters. The third-order valence-corrected chi connectivity index (χ3v) is 3.72. The van der Waals surface area contributed by atoms with Crippen LogP contribution in [0.2, 0.25) is 0 Å². The van der Waals surface area contributed by atoms with Gasteiger partial charge in [-0.05, 0) is 31.5 Å². The number of alkyl halides is 2. The SMILES string of the molecule is COc1cc(CN2CC(C)NCC2C)ccc1OC(F)F.Cl. The highest BCUT2D eigenvalue weighted by Gasteiger charge is 2.22. The number of nitrogens with zero attached hydrogens (tertiary/aromatic N) is 1. The lowest BCUT2D eigenvalue weighted by molar-refractivity contribution is -0.0512. The highest BCUT2D eigenvalue weighted by molar-refractivity contribution is 5.85. The topological polar surface area (TPSA) is 33.7 Å². The summed E-state index contributed by atoms with van der Waals surface area (Å²) in [6.45, 7) is 4.14. The molecule has 0 bridgehead atoms. The van der Waals surface area contributed by atoms with Gasteiger partial charge in [0.1, 0.15) is 0 Å². The number of hydrogen-bond donors (Lipinski definition) is 1. The average Bonchev–Trinajstić information content (AvgIpc) is 2.44. The normalized spacial score (nSPS) is 22.3. The number of nitrogens with one attached hydrogen (secondary N) is 1. The first kappa shape index (κ1) is 18.9. The second kappa shape index (κ2) is 8.50. The number of piperazine rings is 1. The molecule has 1 heterocycles. The Bertz CT molecular complexity index is 477. The Kier molecular flexibility index (Phi) is 7.32. The molecule has 7 heteroatoms. The number of ether oxygens (including phenoxy) is 2. The van der Waals surface area contributed by atoms with Crippen LogP contribution in [0.5, 0.6) is 11.5 Å². The van der Waals surface area contributed by atoms with Crippen molar-refractivity contribution in [1.82, 2.24) is 10.2 Å². The molecule has 0 radical (unpaired) electrons. The van der Waals surface area contributed by atoms with E-state index in [-0.39, 0.29) is 18.2 Å². The van der Waals surface area contributed by atoms with Gasteiger partial charge in [0, 0.05) is 31.7 Å². The molecule has 4 nitrogen and oxygen atoms in total. The number of hydrogen-bond acceptors (Lipinski definition) is 4.